The predicted molar refractivity (Wildman–Crippen MR) is 115 cm³/mol. The maximum atomic E-state index is 4.60. The summed E-state index contributed by atoms with van der Waals surface area (Å²) in [7, 11) is 0. The molecule has 0 spiro atoms. The van der Waals surface area contributed by atoms with Crippen molar-refractivity contribution in [2.24, 2.45) is 0 Å². The fraction of sp³-hybridized carbons (Fsp3) is 0. The lowest BCUT2D eigenvalue weighted by Gasteiger charge is -2.05. The van der Waals surface area contributed by atoms with Gasteiger partial charge in [-0.25, -0.2) is 0 Å². The van der Waals surface area contributed by atoms with Crippen molar-refractivity contribution in [3.05, 3.63) is 113 Å². The summed E-state index contributed by atoms with van der Waals surface area (Å²) in [4.78, 5) is 4.60. The fourth-order valence-electron chi connectivity index (χ4n) is 2.83. The number of aromatic nitrogens is 1. The van der Waals surface area contributed by atoms with E-state index in [0.29, 0.717) is 0 Å². The van der Waals surface area contributed by atoms with E-state index in [9.17, 15) is 0 Å². The number of halogens is 1. The lowest BCUT2D eigenvalue weighted by Crippen LogP contribution is -1.86. The van der Waals surface area contributed by atoms with Gasteiger partial charge in [0.25, 0.3) is 0 Å². The second-order valence-electron chi connectivity index (χ2n) is 6.11. The Morgan fingerprint density at radius 3 is 2.15 bits per heavy atom. The average Bonchev–Trinajstić information content (AvgIpc) is 2.74. The summed E-state index contributed by atoms with van der Waals surface area (Å²) in [6.07, 6.45) is 1.83. The molecule has 128 valence electrons. The number of benzene rings is 3. The summed E-state index contributed by atoms with van der Waals surface area (Å²) < 4.78 is 1.000. The summed E-state index contributed by atoms with van der Waals surface area (Å²) in [5.41, 5.74) is 6.30. The lowest BCUT2D eigenvalue weighted by atomic mass is 10.0. The molecular weight excluding hydrogens is 394 g/mol. The molecule has 0 aliphatic heterocycles. The number of hydrogen-bond acceptors (Lipinski definition) is 1. The van der Waals surface area contributed by atoms with Gasteiger partial charge in [0.15, 0.2) is 0 Å². The van der Waals surface area contributed by atoms with Crippen LogP contribution in [0.4, 0.5) is 0 Å². The Morgan fingerprint density at radius 2 is 1.37 bits per heavy atom. The van der Waals surface area contributed by atoms with E-state index >= 15 is 0 Å². The largest absolute Gasteiger partial charge is 0.255 e. The number of pyridine rings is 1. The van der Waals surface area contributed by atoms with Crippen molar-refractivity contribution in [2.75, 3.05) is 0 Å². The molecule has 0 unspecified atom stereocenters. The lowest BCUT2D eigenvalue weighted by molar-refractivity contribution is 1.31. The van der Waals surface area contributed by atoms with E-state index in [1.807, 2.05) is 48.7 Å². The maximum Gasteiger partial charge on any atom is 0.0703 e. The third-order valence-electron chi connectivity index (χ3n) is 4.24. The van der Waals surface area contributed by atoms with Crippen LogP contribution in [-0.2, 0) is 0 Å². The molecule has 0 saturated carbocycles. The summed E-state index contributed by atoms with van der Waals surface area (Å²) in [5.74, 6) is 6.36. The molecular formula is C25H16BrN. The van der Waals surface area contributed by atoms with Gasteiger partial charge in [0.05, 0.1) is 5.69 Å². The molecule has 0 atom stereocenters. The van der Waals surface area contributed by atoms with Crippen LogP contribution in [0, 0.1) is 11.8 Å². The number of rotatable bonds is 2. The van der Waals surface area contributed by atoms with E-state index in [1.54, 1.807) is 0 Å². The van der Waals surface area contributed by atoms with Crippen molar-refractivity contribution in [1.82, 2.24) is 4.98 Å². The molecule has 0 saturated heterocycles. The number of hydrogen-bond donors (Lipinski definition) is 0. The van der Waals surface area contributed by atoms with Gasteiger partial charge in [-0.3, -0.25) is 4.98 Å². The minimum Gasteiger partial charge on any atom is -0.255 e. The second kappa shape index (κ2) is 8.03. The van der Waals surface area contributed by atoms with Crippen molar-refractivity contribution >= 4 is 15.9 Å². The van der Waals surface area contributed by atoms with Gasteiger partial charge in [0, 0.05) is 27.4 Å². The summed E-state index contributed by atoms with van der Waals surface area (Å²) in [6.45, 7) is 0. The molecule has 1 aromatic heterocycles. The zero-order valence-electron chi connectivity index (χ0n) is 14.6. The van der Waals surface area contributed by atoms with E-state index in [2.05, 4.69) is 81.3 Å². The molecule has 3 aromatic carbocycles. The van der Waals surface area contributed by atoms with Gasteiger partial charge in [-0.1, -0.05) is 72.5 Å². The summed E-state index contributed by atoms with van der Waals surface area (Å²) in [6, 6.07) is 30.8. The Balaban J connectivity index is 1.59. The van der Waals surface area contributed by atoms with Crippen LogP contribution in [0.25, 0.3) is 22.4 Å². The van der Waals surface area contributed by atoms with Crippen LogP contribution in [0.3, 0.4) is 0 Å². The molecule has 2 heteroatoms. The fourth-order valence-corrected chi connectivity index (χ4v) is 3.21. The van der Waals surface area contributed by atoms with Crippen molar-refractivity contribution in [3.8, 4) is 34.2 Å². The van der Waals surface area contributed by atoms with Crippen molar-refractivity contribution < 1.29 is 0 Å². The average molecular weight is 410 g/mol. The highest BCUT2D eigenvalue weighted by molar-refractivity contribution is 9.10. The Bertz CT molecular complexity index is 1120. The topological polar surface area (TPSA) is 12.9 Å². The van der Waals surface area contributed by atoms with E-state index in [0.717, 1.165) is 26.9 Å². The van der Waals surface area contributed by atoms with Gasteiger partial charge in [-0.2, -0.15) is 0 Å². The van der Waals surface area contributed by atoms with Gasteiger partial charge in [-0.15, -0.1) is 0 Å². The monoisotopic (exact) mass is 409 g/mol. The highest BCUT2D eigenvalue weighted by Gasteiger charge is 2.02. The minimum atomic E-state index is 0.897. The molecule has 0 amide bonds. The quantitative estimate of drug-likeness (QED) is 0.340. The molecule has 0 radical (unpaired) electrons. The highest BCUT2D eigenvalue weighted by atomic mass is 79.9. The van der Waals surface area contributed by atoms with Crippen molar-refractivity contribution in [1.29, 1.82) is 0 Å². The third-order valence-corrected chi connectivity index (χ3v) is 4.94. The molecule has 4 aromatic rings. The second-order valence-corrected chi connectivity index (χ2v) is 6.96. The first-order valence-corrected chi connectivity index (χ1v) is 9.47. The van der Waals surface area contributed by atoms with Crippen LogP contribution in [0.5, 0.6) is 0 Å². The molecule has 0 aliphatic carbocycles. The maximum absolute atomic E-state index is 4.60. The van der Waals surface area contributed by atoms with Crippen molar-refractivity contribution in [3.63, 3.8) is 0 Å². The van der Waals surface area contributed by atoms with E-state index < -0.39 is 0 Å². The van der Waals surface area contributed by atoms with Gasteiger partial charge >= 0.3 is 0 Å². The Kier molecular flexibility index (Phi) is 5.14. The first kappa shape index (κ1) is 17.3. The first-order chi connectivity index (χ1) is 13.3. The van der Waals surface area contributed by atoms with Crippen LogP contribution in [-0.4, -0.2) is 4.98 Å². The standard InChI is InChI=1S/C25H16BrN/c26-24-12-5-4-9-21(24)15-13-19-14-16-25(27-18-19)23-11-6-10-22(17-23)20-7-2-1-3-8-20/h1-12,14,16-18H. The van der Waals surface area contributed by atoms with Crippen LogP contribution < -0.4 is 0 Å². The molecule has 0 aliphatic rings. The van der Waals surface area contributed by atoms with Crippen molar-refractivity contribution in [2.45, 2.75) is 0 Å². The van der Waals surface area contributed by atoms with Crippen LogP contribution >= 0.6 is 15.9 Å². The Morgan fingerprint density at radius 1 is 0.630 bits per heavy atom. The Labute approximate surface area is 167 Å². The molecule has 0 N–H and O–H groups in total. The zero-order chi connectivity index (χ0) is 18.5. The molecule has 1 nitrogen and oxygen atoms in total. The zero-order valence-corrected chi connectivity index (χ0v) is 16.1. The summed E-state index contributed by atoms with van der Waals surface area (Å²) in [5, 5.41) is 0. The van der Waals surface area contributed by atoms with Gasteiger partial charge < -0.3 is 0 Å². The van der Waals surface area contributed by atoms with Crippen LogP contribution in [0.15, 0.2) is 102 Å². The minimum absolute atomic E-state index is 0.897. The molecule has 1 heterocycles. The predicted octanol–water partition coefficient (Wildman–Crippen LogP) is 6.58. The molecule has 0 fully saturated rings. The van der Waals surface area contributed by atoms with Gasteiger partial charge in [0.2, 0.25) is 0 Å². The number of nitrogens with zero attached hydrogens (tertiary/aromatic N) is 1. The molecule has 4 rings (SSSR count). The van der Waals surface area contributed by atoms with E-state index in [4.69, 9.17) is 0 Å². The van der Waals surface area contributed by atoms with Crippen LogP contribution in [0.1, 0.15) is 11.1 Å². The van der Waals surface area contributed by atoms with Crippen LogP contribution in [0.2, 0.25) is 0 Å². The highest BCUT2D eigenvalue weighted by Crippen LogP contribution is 2.25. The normalized spacial score (nSPS) is 10.1. The van der Waals surface area contributed by atoms with Gasteiger partial charge in [-0.05, 0) is 57.4 Å². The molecule has 0 bridgehead atoms. The van der Waals surface area contributed by atoms with E-state index in [-0.39, 0.29) is 0 Å². The molecule has 27 heavy (non-hydrogen) atoms. The summed E-state index contributed by atoms with van der Waals surface area (Å²) >= 11 is 3.52. The SMILES string of the molecule is Brc1ccccc1C#Cc1ccc(-c2cccc(-c3ccccc3)c2)nc1. The first-order valence-electron chi connectivity index (χ1n) is 8.68. The van der Waals surface area contributed by atoms with E-state index in [1.165, 1.54) is 11.1 Å². The third kappa shape index (κ3) is 4.16. The smallest absolute Gasteiger partial charge is 0.0703 e. The van der Waals surface area contributed by atoms with Gasteiger partial charge in [0.1, 0.15) is 0 Å². The Hall–Kier alpha value is -3.15.